The fraction of sp³-hybridized carbons (Fsp3) is 0.462. The molecule has 90 valence electrons. The minimum absolute atomic E-state index is 0.274. The molecule has 1 heterocycles. The molecular formula is C13H17N3O. The molecule has 1 aromatic rings. The van der Waals surface area contributed by atoms with Crippen molar-refractivity contribution in [2.45, 2.75) is 12.5 Å². The van der Waals surface area contributed by atoms with Gasteiger partial charge >= 0.3 is 0 Å². The van der Waals surface area contributed by atoms with Gasteiger partial charge in [0.25, 0.3) is 0 Å². The van der Waals surface area contributed by atoms with E-state index in [0.717, 1.165) is 25.4 Å². The molecule has 4 heteroatoms. The predicted molar refractivity (Wildman–Crippen MR) is 67.2 cm³/mol. The van der Waals surface area contributed by atoms with E-state index in [1.165, 1.54) is 5.69 Å². The Labute approximate surface area is 102 Å². The summed E-state index contributed by atoms with van der Waals surface area (Å²) < 4.78 is 5.14. The van der Waals surface area contributed by atoms with Gasteiger partial charge in [0.15, 0.2) is 0 Å². The molecule has 1 atom stereocenters. The number of nitrogens with zero attached hydrogens (tertiary/aromatic N) is 2. The zero-order chi connectivity index (χ0) is 12.1. The Morgan fingerprint density at radius 3 is 2.88 bits per heavy atom. The van der Waals surface area contributed by atoms with Crippen LogP contribution < -0.4 is 15.0 Å². The zero-order valence-corrected chi connectivity index (χ0v) is 10.0. The monoisotopic (exact) mass is 231 g/mol. The molecule has 0 saturated carbocycles. The van der Waals surface area contributed by atoms with Crippen LogP contribution in [0.5, 0.6) is 5.75 Å². The molecule has 0 amide bonds. The Bertz CT molecular complexity index is 396. The van der Waals surface area contributed by atoms with Crippen molar-refractivity contribution in [1.82, 2.24) is 5.32 Å². The van der Waals surface area contributed by atoms with Crippen molar-refractivity contribution in [1.29, 1.82) is 5.26 Å². The van der Waals surface area contributed by atoms with Crippen LogP contribution >= 0.6 is 0 Å². The third-order valence-electron chi connectivity index (χ3n) is 3.03. The second-order valence-electron chi connectivity index (χ2n) is 4.16. The van der Waals surface area contributed by atoms with Crippen LogP contribution in [-0.4, -0.2) is 32.8 Å². The Hall–Kier alpha value is -1.73. The topological polar surface area (TPSA) is 48.3 Å². The quantitative estimate of drug-likeness (QED) is 0.854. The van der Waals surface area contributed by atoms with Crippen LogP contribution in [0.1, 0.15) is 6.42 Å². The highest BCUT2D eigenvalue weighted by Gasteiger charge is 2.18. The average molecular weight is 231 g/mol. The number of ether oxygens (including phenoxy) is 1. The lowest BCUT2D eigenvalue weighted by atomic mass is 10.1. The number of hydrogen-bond donors (Lipinski definition) is 1. The first-order valence-electron chi connectivity index (χ1n) is 5.83. The van der Waals surface area contributed by atoms with Gasteiger partial charge in [0, 0.05) is 31.4 Å². The van der Waals surface area contributed by atoms with E-state index in [1.54, 1.807) is 7.11 Å². The van der Waals surface area contributed by atoms with Crippen molar-refractivity contribution in [2.24, 2.45) is 0 Å². The first kappa shape index (κ1) is 11.7. The molecule has 0 radical (unpaired) electrons. The lowest BCUT2D eigenvalue weighted by Crippen LogP contribution is -2.50. The van der Waals surface area contributed by atoms with E-state index in [0.29, 0.717) is 6.42 Å². The second kappa shape index (κ2) is 5.55. The van der Waals surface area contributed by atoms with Crippen LogP contribution in [0.4, 0.5) is 5.69 Å². The third-order valence-corrected chi connectivity index (χ3v) is 3.03. The summed E-state index contributed by atoms with van der Waals surface area (Å²) in [4.78, 5) is 2.30. The van der Waals surface area contributed by atoms with Crippen molar-refractivity contribution < 1.29 is 4.74 Å². The van der Waals surface area contributed by atoms with Gasteiger partial charge in [-0.05, 0) is 24.3 Å². The van der Waals surface area contributed by atoms with Crippen molar-refractivity contribution in [3.8, 4) is 11.8 Å². The van der Waals surface area contributed by atoms with E-state index in [4.69, 9.17) is 10.00 Å². The van der Waals surface area contributed by atoms with E-state index in [1.807, 2.05) is 12.1 Å². The highest BCUT2D eigenvalue weighted by atomic mass is 16.5. The molecule has 4 nitrogen and oxygen atoms in total. The van der Waals surface area contributed by atoms with Crippen LogP contribution in [0, 0.1) is 11.3 Å². The first-order valence-corrected chi connectivity index (χ1v) is 5.83. The first-order chi connectivity index (χ1) is 8.33. The highest BCUT2D eigenvalue weighted by Crippen LogP contribution is 2.20. The summed E-state index contributed by atoms with van der Waals surface area (Å²) in [5.41, 5.74) is 1.19. The van der Waals surface area contributed by atoms with Crippen molar-refractivity contribution in [3.05, 3.63) is 24.3 Å². The summed E-state index contributed by atoms with van der Waals surface area (Å²) >= 11 is 0. The van der Waals surface area contributed by atoms with Gasteiger partial charge in [-0.2, -0.15) is 5.26 Å². The van der Waals surface area contributed by atoms with E-state index >= 15 is 0 Å². The summed E-state index contributed by atoms with van der Waals surface area (Å²) in [5.74, 6) is 0.873. The molecule has 1 aliphatic rings. The minimum atomic E-state index is 0.274. The smallest absolute Gasteiger partial charge is 0.119 e. The van der Waals surface area contributed by atoms with Gasteiger partial charge in [-0.3, -0.25) is 0 Å². The van der Waals surface area contributed by atoms with Gasteiger partial charge < -0.3 is 15.0 Å². The molecule has 1 aliphatic heterocycles. The highest BCUT2D eigenvalue weighted by molar-refractivity contribution is 5.49. The summed E-state index contributed by atoms with van der Waals surface area (Å²) in [5, 5.41) is 12.1. The van der Waals surface area contributed by atoms with Crippen molar-refractivity contribution in [2.75, 3.05) is 31.6 Å². The molecule has 17 heavy (non-hydrogen) atoms. The molecule has 1 saturated heterocycles. The molecule has 1 aromatic carbocycles. The summed E-state index contributed by atoms with van der Waals surface area (Å²) in [6, 6.07) is 10.6. The minimum Gasteiger partial charge on any atom is -0.497 e. The molecule has 0 bridgehead atoms. The number of nitrogens with one attached hydrogen (secondary N) is 1. The Morgan fingerprint density at radius 2 is 2.24 bits per heavy atom. The predicted octanol–water partition coefficient (Wildman–Crippen LogP) is 1.39. The maximum absolute atomic E-state index is 8.72. The number of methoxy groups -OCH3 is 1. The fourth-order valence-electron chi connectivity index (χ4n) is 2.10. The number of piperazine rings is 1. The molecule has 0 aliphatic carbocycles. The van der Waals surface area contributed by atoms with Crippen LogP contribution in [0.3, 0.4) is 0 Å². The van der Waals surface area contributed by atoms with Crippen LogP contribution in [0.15, 0.2) is 24.3 Å². The number of hydrogen-bond acceptors (Lipinski definition) is 4. The number of rotatable bonds is 3. The van der Waals surface area contributed by atoms with Crippen LogP contribution in [0.2, 0.25) is 0 Å². The van der Waals surface area contributed by atoms with Gasteiger partial charge in [0.2, 0.25) is 0 Å². The summed E-state index contributed by atoms with van der Waals surface area (Å²) in [6.07, 6.45) is 0.562. The molecule has 1 fully saturated rings. The molecule has 2 rings (SSSR count). The SMILES string of the molecule is COc1ccc(N2CCNC(CC#N)C2)cc1. The van der Waals surface area contributed by atoms with E-state index in [9.17, 15) is 0 Å². The number of benzene rings is 1. The Kier molecular flexibility index (Phi) is 3.84. The van der Waals surface area contributed by atoms with E-state index < -0.39 is 0 Å². The van der Waals surface area contributed by atoms with Gasteiger partial charge in [-0.1, -0.05) is 0 Å². The number of anilines is 1. The fourth-order valence-corrected chi connectivity index (χ4v) is 2.10. The van der Waals surface area contributed by atoms with Crippen molar-refractivity contribution in [3.63, 3.8) is 0 Å². The van der Waals surface area contributed by atoms with Gasteiger partial charge in [-0.25, -0.2) is 0 Å². The lowest BCUT2D eigenvalue weighted by Gasteiger charge is -2.34. The standard InChI is InChI=1S/C13H17N3O/c1-17-13-4-2-12(3-5-13)16-9-8-15-11(10-16)6-7-14/h2-5,11,15H,6,8-10H2,1H3. The Morgan fingerprint density at radius 1 is 1.47 bits per heavy atom. The average Bonchev–Trinajstić information content (AvgIpc) is 2.40. The Balaban J connectivity index is 2.03. The second-order valence-corrected chi connectivity index (χ2v) is 4.16. The lowest BCUT2D eigenvalue weighted by molar-refractivity contribution is 0.414. The van der Waals surface area contributed by atoms with E-state index in [-0.39, 0.29) is 6.04 Å². The summed E-state index contributed by atoms with van der Waals surface area (Å²) in [7, 11) is 1.67. The third kappa shape index (κ3) is 2.89. The van der Waals surface area contributed by atoms with Crippen molar-refractivity contribution >= 4 is 5.69 Å². The molecule has 0 spiro atoms. The van der Waals surface area contributed by atoms with Gasteiger partial charge in [-0.15, -0.1) is 0 Å². The maximum Gasteiger partial charge on any atom is 0.119 e. The molecule has 1 unspecified atom stereocenters. The largest absolute Gasteiger partial charge is 0.497 e. The van der Waals surface area contributed by atoms with Gasteiger partial charge in [0.1, 0.15) is 5.75 Å². The maximum atomic E-state index is 8.72. The zero-order valence-electron chi connectivity index (χ0n) is 10.0. The number of nitriles is 1. The molecular weight excluding hydrogens is 214 g/mol. The molecule has 0 aromatic heterocycles. The summed E-state index contributed by atoms with van der Waals surface area (Å²) in [6.45, 7) is 2.80. The normalized spacial score (nSPS) is 19.8. The molecule has 1 N–H and O–H groups in total. The van der Waals surface area contributed by atoms with Crippen LogP contribution in [0.25, 0.3) is 0 Å². The van der Waals surface area contributed by atoms with Crippen LogP contribution in [-0.2, 0) is 0 Å². The van der Waals surface area contributed by atoms with Gasteiger partial charge in [0.05, 0.1) is 19.6 Å². The van der Waals surface area contributed by atoms with E-state index in [2.05, 4.69) is 28.4 Å².